The zero-order chi connectivity index (χ0) is 14.4. The lowest BCUT2D eigenvalue weighted by Crippen LogP contribution is -2.12. The third-order valence-electron chi connectivity index (χ3n) is 3.42. The van der Waals surface area contributed by atoms with E-state index >= 15 is 0 Å². The van der Waals surface area contributed by atoms with Gasteiger partial charge in [0.05, 0.1) is 17.6 Å². The molecule has 4 nitrogen and oxygen atoms in total. The van der Waals surface area contributed by atoms with Crippen LogP contribution < -0.4 is 5.56 Å². The molecule has 1 N–H and O–H groups in total. The van der Waals surface area contributed by atoms with Crippen LogP contribution in [-0.4, -0.2) is 14.5 Å². The molecule has 4 aromatic rings. The second-order valence-corrected chi connectivity index (χ2v) is 5.71. The summed E-state index contributed by atoms with van der Waals surface area (Å²) in [5, 5.41) is 2.80. The molecule has 0 aliphatic rings. The van der Waals surface area contributed by atoms with Crippen LogP contribution in [0.1, 0.15) is 5.82 Å². The van der Waals surface area contributed by atoms with Crippen LogP contribution in [-0.2, 0) is 6.54 Å². The highest BCUT2D eigenvalue weighted by atomic mass is 32.1. The van der Waals surface area contributed by atoms with Gasteiger partial charge in [0.15, 0.2) is 0 Å². The Morgan fingerprint density at radius 2 is 2.19 bits per heavy atom. The smallest absolute Gasteiger partial charge is 0.268 e. The summed E-state index contributed by atoms with van der Waals surface area (Å²) in [4.78, 5) is 19.2. The summed E-state index contributed by atoms with van der Waals surface area (Å²) < 4.78 is 15.9. The number of aromatic amines is 1. The predicted octanol–water partition coefficient (Wildman–Crippen LogP) is 3.13. The molecule has 4 rings (SSSR count). The number of thiophene rings is 1. The number of rotatable bonds is 2. The second kappa shape index (κ2) is 4.53. The highest BCUT2D eigenvalue weighted by Gasteiger charge is 2.08. The van der Waals surface area contributed by atoms with Gasteiger partial charge in [-0.05, 0) is 41.1 Å². The van der Waals surface area contributed by atoms with Crippen molar-refractivity contribution in [1.82, 2.24) is 14.5 Å². The van der Waals surface area contributed by atoms with E-state index in [1.54, 1.807) is 6.07 Å². The molecule has 0 amide bonds. The Balaban J connectivity index is 1.82. The van der Waals surface area contributed by atoms with Crippen molar-refractivity contribution < 1.29 is 4.39 Å². The maximum absolute atomic E-state index is 13.4. The first kappa shape index (κ1) is 12.3. The Labute approximate surface area is 122 Å². The lowest BCUT2D eigenvalue weighted by atomic mass is 10.2. The van der Waals surface area contributed by atoms with Gasteiger partial charge in [0.1, 0.15) is 16.3 Å². The number of fused-ring (bicyclic) bond motifs is 2. The van der Waals surface area contributed by atoms with Crippen molar-refractivity contribution in [3.05, 3.63) is 63.9 Å². The molecule has 0 saturated carbocycles. The summed E-state index contributed by atoms with van der Waals surface area (Å²) in [5.41, 5.74) is 1.34. The van der Waals surface area contributed by atoms with Gasteiger partial charge in [-0.3, -0.25) is 4.79 Å². The maximum Gasteiger partial charge on any atom is 0.268 e. The van der Waals surface area contributed by atoms with Crippen LogP contribution in [0.2, 0.25) is 0 Å². The molecule has 0 saturated heterocycles. The minimum atomic E-state index is -0.280. The van der Waals surface area contributed by atoms with Crippen molar-refractivity contribution in [2.24, 2.45) is 0 Å². The SMILES string of the molecule is O=c1[nH]c(Cn2ccc3ccc(F)cc32)nc2ccsc12. The summed E-state index contributed by atoms with van der Waals surface area (Å²) in [6.07, 6.45) is 1.86. The fourth-order valence-electron chi connectivity index (χ4n) is 2.45. The van der Waals surface area contributed by atoms with E-state index in [2.05, 4.69) is 9.97 Å². The number of benzene rings is 1. The van der Waals surface area contributed by atoms with Gasteiger partial charge in [0.25, 0.3) is 5.56 Å². The Hall–Kier alpha value is -2.47. The number of hydrogen-bond acceptors (Lipinski definition) is 3. The lowest BCUT2D eigenvalue weighted by molar-refractivity contribution is 0.628. The van der Waals surface area contributed by atoms with Crippen molar-refractivity contribution in [3.8, 4) is 0 Å². The first-order valence-electron chi connectivity index (χ1n) is 6.41. The molecule has 1 aromatic carbocycles. The summed E-state index contributed by atoms with van der Waals surface area (Å²) in [7, 11) is 0. The van der Waals surface area contributed by atoms with Crippen LogP contribution in [0.4, 0.5) is 4.39 Å². The van der Waals surface area contributed by atoms with E-state index in [1.165, 1.54) is 23.5 Å². The average Bonchev–Trinajstić information content (AvgIpc) is 3.06. The molecule has 104 valence electrons. The minimum absolute atomic E-state index is 0.132. The first-order valence-corrected chi connectivity index (χ1v) is 7.29. The molecule has 6 heteroatoms. The Morgan fingerprint density at radius 1 is 1.29 bits per heavy atom. The Morgan fingerprint density at radius 3 is 3.10 bits per heavy atom. The molecule has 3 aromatic heterocycles. The molecular formula is C15H10FN3OS. The second-order valence-electron chi connectivity index (χ2n) is 4.79. The summed E-state index contributed by atoms with van der Waals surface area (Å²) in [6.45, 7) is 0.397. The number of halogens is 1. The van der Waals surface area contributed by atoms with E-state index in [4.69, 9.17) is 0 Å². The van der Waals surface area contributed by atoms with Crippen LogP contribution in [0.5, 0.6) is 0 Å². The molecule has 0 fully saturated rings. The topological polar surface area (TPSA) is 50.7 Å². The number of nitrogens with one attached hydrogen (secondary N) is 1. The van der Waals surface area contributed by atoms with Crippen molar-refractivity contribution in [2.75, 3.05) is 0 Å². The molecule has 0 atom stereocenters. The molecule has 3 heterocycles. The fraction of sp³-hybridized carbons (Fsp3) is 0.0667. The van der Waals surface area contributed by atoms with Gasteiger partial charge < -0.3 is 9.55 Å². The third-order valence-corrected chi connectivity index (χ3v) is 4.32. The molecule has 0 spiro atoms. The van der Waals surface area contributed by atoms with Gasteiger partial charge >= 0.3 is 0 Å². The summed E-state index contributed by atoms with van der Waals surface area (Å²) in [6, 6.07) is 8.39. The fourth-order valence-corrected chi connectivity index (χ4v) is 3.18. The van der Waals surface area contributed by atoms with E-state index in [1.807, 2.05) is 28.3 Å². The quantitative estimate of drug-likeness (QED) is 0.618. The predicted molar refractivity (Wildman–Crippen MR) is 81.2 cm³/mol. The first-order chi connectivity index (χ1) is 10.2. The maximum atomic E-state index is 13.4. The minimum Gasteiger partial charge on any atom is -0.340 e. The van der Waals surface area contributed by atoms with E-state index in [0.717, 1.165) is 10.9 Å². The van der Waals surface area contributed by atoms with Crippen molar-refractivity contribution in [2.45, 2.75) is 6.54 Å². The van der Waals surface area contributed by atoms with Gasteiger partial charge in [-0.2, -0.15) is 0 Å². The highest BCUT2D eigenvalue weighted by molar-refractivity contribution is 7.17. The van der Waals surface area contributed by atoms with Crippen LogP contribution in [0.15, 0.2) is 46.7 Å². The number of hydrogen-bond donors (Lipinski definition) is 1. The van der Waals surface area contributed by atoms with Gasteiger partial charge in [-0.25, -0.2) is 9.37 Å². The van der Waals surface area contributed by atoms with Crippen molar-refractivity contribution >= 4 is 32.5 Å². The monoisotopic (exact) mass is 299 g/mol. The number of H-pyrrole nitrogens is 1. The molecular weight excluding hydrogens is 289 g/mol. The third kappa shape index (κ3) is 2.04. The van der Waals surface area contributed by atoms with Crippen LogP contribution in [0.25, 0.3) is 21.1 Å². The largest absolute Gasteiger partial charge is 0.340 e. The van der Waals surface area contributed by atoms with Crippen LogP contribution in [0.3, 0.4) is 0 Å². The van der Waals surface area contributed by atoms with Crippen LogP contribution in [0, 0.1) is 5.82 Å². The van der Waals surface area contributed by atoms with E-state index in [9.17, 15) is 9.18 Å². The molecule has 0 aliphatic heterocycles. The Kier molecular flexibility index (Phi) is 2.65. The molecule has 0 unspecified atom stereocenters. The summed E-state index contributed by atoms with van der Waals surface area (Å²) >= 11 is 1.37. The van der Waals surface area contributed by atoms with Gasteiger partial charge in [0, 0.05) is 6.20 Å². The molecule has 0 aliphatic carbocycles. The normalized spacial score (nSPS) is 11.5. The van der Waals surface area contributed by atoms with Gasteiger partial charge in [-0.1, -0.05) is 0 Å². The molecule has 21 heavy (non-hydrogen) atoms. The van der Waals surface area contributed by atoms with E-state index < -0.39 is 0 Å². The highest BCUT2D eigenvalue weighted by Crippen LogP contribution is 2.18. The van der Waals surface area contributed by atoms with Crippen LogP contribution >= 0.6 is 11.3 Å². The summed E-state index contributed by atoms with van der Waals surface area (Å²) in [5.74, 6) is 0.282. The van der Waals surface area contributed by atoms with Crippen molar-refractivity contribution in [3.63, 3.8) is 0 Å². The Bertz CT molecular complexity index is 1010. The van der Waals surface area contributed by atoms with Gasteiger partial charge in [-0.15, -0.1) is 11.3 Å². The molecule has 0 radical (unpaired) electrons. The standard InChI is InChI=1S/C15H10FN3OS/c16-10-2-1-9-3-5-19(12(9)7-10)8-13-17-11-4-6-21-14(11)15(20)18-13/h1-7H,8H2,(H,17,18,20). The van der Waals surface area contributed by atoms with Gasteiger partial charge in [0.2, 0.25) is 0 Å². The zero-order valence-corrected chi connectivity index (χ0v) is 11.7. The number of aromatic nitrogens is 3. The zero-order valence-electron chi connectivity index (χ0n) is 10.8. The van der Waals surface area contributed by atoms with E-state index in [0.29, 0.717) is 22.6 Å². The molecule has 0 bridgehead atoms. The number of nitrogens with zero attached hydrogens (tertiary/aromatic N) is 2. The lowest BCUT2D eigenvalue weighted by Gasteiger charge is -2.05. The van der Waals surface area contributed by atoms with E-state index in [-0.39, 0.29) is 11.4 Å². The average molecular weight is 299 g/mol. The van der Waals surface area contributed by atoms with Crippen molar-refractivity contribution in [1.29, 1.82) is 0 Å².